The average molecular weight is 441 g/mol. The van der Waals surface area contributed by atoms with E-state index in [4.69, 9.17) is 14.5 Å². The lowest BCUT2D eigenvalue weighted by atomic mass is 10.1. The van der Waals surface area contributed by atoms with Gasteiger partial charge in [-0.3, -0.25) is 4.98 Å². The summed E-state index contributed by atoms with van der Waals surface area (Å²) in [6.07, 6.45) is 3.35. The predicted molar refractivity (Wildman–Crippen MR) is 135 cm³/mol. The quantitative estimate of drug-likeness (QED) is 0.280. The van der Waals surface area contributed by atoms with Crippen molar-refractivity contribution < 1.29 is 9.47 Å². The van der Waals surface area contributed by atoms with Crippen LogP contribution >= 0.6 is 0 Å². The summed E-state index contributed by atoms with van der Waals surface area (Å²) >= 11 is 0. The Morgan fingerprint density at radius 3 is 2.36 bits per heavy atom. The van der Waals surface area contributed by atoms with Gasteiger partial charge in [0.1, 0.15) is 18.1 Å². The second kappa shape index (κ2) is 11.5. The maximum atomic E-state index is 6.31. The molecule has 4 rings (SSSR count). The summed E-state index contributed by atoms with van der Waals surface area (Å²) in [5, 5.41) is 4.64. The zero-order valence-corrected chi connectivity index (χ0v) is 19.5. The Bertz CT molecular complexity index is 1160. The van der Waals surface area contributed by atoms with E-state index in [1.54, 1.807) is 7.11 Å². The molecular weight excluding hydrogens is 408 g/mol. The largest absolute Gasteiger partial charge is 0.497 e. The fraction of sp³-hybridized carbons (Fsp3) is 0.276. The van der Waals surface area contributed by atoms with Crippen molar-refractivity contribution in [2.45, 2.75) is 39.3 Å². The Balaban J connectivity index is 1.34. The lowest BCUT2D eigenvalue weighted by Crippen LogP contribution is -2.17. The lowest BCUT2D eigenvalue weighted by molar-refractivity contribution is 0.307. The summed E-state index contributed by atoms with van der Waals surface area (Å²) in [6.45, 7) is 4.36. The lowest BCUT2D eigenvalue weighted by Gasteiger charge is -2.16. The molecule has 1 heterocycles. The molecule has 0 unspecified atom stereocenters. The predicted octanol–water partition coefficient (Wildman–Crippen LogP) is 6.24. The Morgan fingerprint density at radius 1 is 0.818 bits per heavy atom. The highest BCUT2D eigenvalue weighted by molar-refractivity contribution is 5.86. The molecule has 1 N–H and O–H groups in total. The number of nitrogens with one attached hydrogen (secondary N) is 1. The topological polar surface area (TPSA) is 43.4 Å². The third-order valence-electron chi connectivity index (χ3n) is 5.92. The number of rotatable bonds is 11. The summed E-state index contributed by atoms with van der Waals surface area (Å²) in [4.78, 5) is 4.92. The first-order valence-electron chi connectivity index (χ1n) is 11.6. The minimum Gasteiger partial charge on any atom is -0.497 e. The first-order valence-corrected chi connectivity index (χ1v) is 11.6. The fourth-order valence-corrected chi connectivity index (χ4v) is 3.99. The molecule has 3 aromatic carbocycles. The van der Waals surface area contributed by atoms with Crippen LogP contribution in [0.3, 0.4) is 0 Å². The van der Waals surface area contributed by atoms with Crippen molar-refractivity contribution in [3.05, 3.63) is 101 Å². The number of aryl methyl sites for hydroxylation is 1. The van der Waals surface area contributed by atoms with Crippen molar-refractivity contribution in [2.75, 3.05) is 13.7 Å². The maximum Gasteiger partial charge on any atom is 0.133 e. The van der Waals surface area contributed by atoms with Crippen LogP contribution < -0.4 is 14.8 Å². The fourth-order valence-electron chi connectivity index (χ4n) is 3.99. The first-order chi connectivity index (χ1) is 16.2. The molecular formula is C29H32N2O2. The SMILES string of the molecule is COc1ccc(CCCCNCc2nc3ccccc3c(OCc3ccccc3)c2C)cc1. The molecule has 4 heteroatoms. The number of benzene rings is 3. The summed E-state index contributed by atoms with van der Waals surface area (Å²) in [5.74, 6) is 1.84. The van der Waals surface area contributed by atoms with Crippen LogP contribution in [-0.2, 0) is 19.6 Å². The van der Waals surface area contributed by atoms with Gasteiger partial charge in [-0.1, -0.05) is 54.6 Å². The second-order valence-electron chi connectivity index (χ2n) is 8.29. The molecule has 0 radical (unpaired) electrons. The van der Waals surface area contributed by atoms with Crippen LogP contribution in [0.1, 0.15) is 35.2 Å². The molecule has 0 amide bonds. The van der Waals surface area contributed by atoms with E-state index in [9.17, 15) is 0 Å². The van der Waals surface area contributed by atoms with Gasteiger partial charge in [-0.2, -0.15) is 0 Å². The third-order valence-corrected chi connectivity index (χ3v) is 5.92. The molecule has 0 saturated heterocycles. The van der Waals surface area contributed by atoms with Crippen LogP contribution in [0.15, 0.2) is 78.9 Å². The zero-order chi connectivity index (χ0) is 22.9. The molecule has 170 valence electrons. The Hall–Kier alpha value is -3.37. The van der Waals surface area contributed by atoms with Crippen molar-refractivity contribution in [2.24, 2.45) is 0 Å². The van der Waals surface area contributed by atoms with Gasteiger partial charge in [0.25, 0.3) is 0 Å². The van der Waals surface area contributed by atoms with Gasteiger partial charge in [0.05, 0.1) is 18.3 Å². The number of pyridine rings is 1. The standard InChI is InChI=1S/C29H32N2O2/c1-22-28(20-30-19-9-8-10-23-15-17-25(32-2)18-16-23)31-27-14-7-6-13-26(27)29(22)33-21-24-11-4-3-5-12-24/h3-7,11-18,30H,8-10,19-21H2,1-2H3. The van der Waals surface area contributed by atoms with E-state index in [1.165, 1.54) is 5.56 Å². The van der Waals surface area contributed by atoms with E-state index in [-0.39, 0.29) is 0 Å². The van der Waals surface area contributed by atoms with Crippen LogP contribution in [0, 0.1) is 6.92 Å². The second-order valence-corrected chi connectivity index (χ2v) is 8.29. The molecule has 0 atom stereocenters. The average Bonchev–Trinajstić information content (AvgIpc) is 2.87. The van der Waals surface area contributed by atoms with Gasteiger partial charge in [-0.15, -0.1) is 0 Å². The number of aromatic nitrogens is 1. The highest BCUT2D eigenvalue weighted by Crippen LogP contribution is 2.31. The van der Waals surface area contributed by atoms with Gasteiger partial charge in [-0.05, 0) is 68.1 Å². The van der Waals surface area contributed by atoms with Crippen molar-refractivity contribution in [1.29, 1.82) is 0 Å². The molecule has 0 saturated carbocycles. The number of para-hydroxylation sites is 1. The molecule has 1 aromatic heterocycles. The number of fused-ring (bicyclic) bond motifs is 1. The Morgan fingerprint density at radius 2 is 1.58 bits per heavy atom. The van der Waals surface area contributed by atoms with Gasteiger partial charge >= 0.3 is 0 Å². The summed E-state index contributed by atoms with van der Waals surface area (Å²) in [5.41, 5.74) is 5.64. The Kier molecular flexibility index (Phi) is 7.94. The van der Waals surface area contributed by atoms with Crippen LogP contribution in [-0.4, -0.2) is 18.6 Å². The number of nitrogens with zero attached hydrogens (tertiary/aromatic N) is 1. The van der Waals surface area contributed by atoms with Crippen LogP contribution in [0.4, 0.5) is 0 Å². The van der Waals surface area contributed by atoms with Crippen LogP contribution in [0.25, 0.3) is 10.9 Å². The smallest absolute Gasteiger partial charge is 0.133 e. The molecule has 0 aliphatic heterocycles. The van der Waals surface area contributed by atoms with Crippen LogP contribution in [0.2, 0.25) is 0 Å². The first kappa shape index (κ1) is 22.8. The molecule has 0 bridgehead atoms. The van der Waals surface area contributed by atoms with Crippen molar-refractivity contribution in [1.82, 2.24) is 10.3 Å². The highest BCUT2D eigenvalue weighted by atomic mass is 16.5. The normalized spacial score (nSPS) is 11.0. The summed E-state index contributed by atoms with van der Waals surface area (Å²) in [6, 6.07) is 26.9. The number of hydrogen-bond donors (Lipinski definition) is 1. The van der Waals surface area contributed by atoms with Gasteiger partial charge < -0.3 is 14.8 Å². The summed E-state index contributed by atoms with van der Waals surface area (Å²) in [7, 11) is 1.70. The van der Waals surface area contributed by atoms with Crippen molar-refractivity contribution in [3.63, 3.8) is 0 Å². The maximum absolute atomic E-state index is 6.31. The molecule has 0 aliphatic carbocycles. The minimum atomic E-state index is 0.550. The molecule has 0 aliphatic rings. The van der Waals surface area contributed by atoms with Crippen molar-refractivity contribution >= 4 is 10.9 Å². The van der Waals surface area contributed by atoms with Crippen molar-refractivity contribution in [3.8, 4) is 11.5 Å². The third kappa shape index (κ3) is 6.11. The van der Waals surface area contributed by atoms with Gasteiger partial charge in [-0.25, -0.2) is 0 Å². The van der Waals surface area contributed by atoms with E-state index >= 15 is 0 Å². The number of hydrogen-bond acceptors (Lipinski definition) is 4. The van der Waals surface area contributed by atoms with Gasteiger partial charge in [0.15, 0.2) is 0 Å². The van der Waals surface area contributed by atoms with Crippen LogP contribution in [0.5, 0.6) is 11.5 Å². The minimum absolute atomic E-state index is 0.550. The molecule has 4 nitrogen and oxygen atoms in total. The molecule has 0 fully saturated rings. The number of methoxy groups -OCH3 is 1. The Labute approximate surface area is 196 Å². The van der Waals surface area contributed by atoms with Gasteiger partial charge in [0, 0.05) is 17.5 Å². The number of unbranched alkanes of at least 4 members (excludes halogenated alkanes) is 1. The zero-order valence-electron chi connectivity index (χ0n) is 19.5. The highest BCUT2D eigenvalue weighted by Gasteiger charge is 2.13. The van der Waals surface area contributed by atoms with E-state index in [2.05, 4.69) is 48.6 Å². The number of ether oxygens (including phenoxy) is 2. The molecule has 33 heavy (non-hydrogen) atoms. The van der Waals surface area contributed by atoms with E-state index < -0.39 is 0 Å². The van der Waals surface area contributed by atoms with Gasteiger partial charge in [0.2, 0.25) is 0 Å². The van der Waals surface area contributed by atoms with E-state index in [1.807, 2.05) is 42.5 Å². The molecule has 0 spiro atoms. The monoisotopic (exact) mass is 440 g/mol. The summed E-state index contributed by atoms with van der Waals surface area (Å²) < 4.78 is 11.5. The van der Waals surface area contributed by atoms with E-state index in [0.717, 1.165) is 71.6 Å². The van der Waals surface area contributed by atoms with E-state index in [0.29, 0.717) is 6.61 Å². The molecule has 4 aromatic rings.